The maximum atomic E-state index is 10.8. The number of Topliss-reactive ketones (excluding diaryl/α,β-unsaturated/α-hetero) is 1. The molecule has 12 heavy (non-hydrogen) atoms. The van der Waals surface area contributed by atoms with Crippen molar-refractivity contribution in [1.29, 1.82) is 0 Å². The van der Waals surface area contributed by atoms with E-state index in [2.05, 4.69) is 16.0 Å². The third-order valence-corrected chi connectivity index (χ3v) is 1.07. The molecule has 5 nitrogen and oxygen atoms in total. The smallest absolute Gasteiger partial charge is 0.469 e. The van der Waals surface area contributed by atoms with Gasteiger partial charge in [-0.25, -0.2) is 0 Å². The van der Waals surface area contributed by atoms with Crippen molar-refractivity contribution in [2.45, 2.75) is 12.8 Å². The SMILES string of the molecule is C=[O+]C(=O)CC(=O)CC(=O)OC. The van der Waals surface area contributed by atoms with Gasteiger partial charge in [0.25, 0.3) is 0 Å². The molecule has 0 unspecified atom stereocenters. The lowest BCUT2D eigenvalue weighted by Crippen LogP contribution is -2.13. The molecule has 66 valence electrons. The van der Waals surface area contributed by atoms with E-state index in [0.717, 1.165) is 7.11 Å². The van der Waals surface area contributed by atoms with Crippen LogP contribution in [0, 0.1) is 0 Å². The highest BCUT2D eigenvalue weighted by Gasteiger charge is 2.20. The maximum Gasteiger partial charge on any atom is 0.586 e. The van der Waals surface area contributed by atoms with Crippen LogP contribution in [0.4, 0.5) is 0 Å². The Morgan fingerprint density at radius 2 is 1.92 bits per heavy atom. The van der Waals surface area contributed by atoms with Crippen molar-refractivity contribution < 1.29 is 23.5 Å². The van der Waals surface area contributed by atoms with Crippen molar-refractivity contribution in [2.75, 3.05) is 7.11 Å². The lowest BCUT2D eigenvalue weighted by molar-refractivity contribution is -0.367. The fourth-order valence-corrected chi connectivity index (χ4v) is 0.508. The molecular formula is C7H9O5+. The molecule has 0 aromatic heterocycles. The zero-order valence-corrected chi connectivity index (χ0v) is 6.66. The number of methoxy groups -OCH3 is 1. The van der Waals surface area contributed by atoms with Crippen LogP contribution in [0.2, 0.25) is 0 Å². The Balaban J connectivity index is 3.82. The molecule has 0 saturated carbocycles. The predicted octanol–water partition coefficient (Wildman–Crippen LogP) is -0.600. The average Bonchev–Trinajstić information content (AvgIpc) is 2.03. The van der Waals surface area contributed by atoms with Crippen LogP contribution >= 0.6 is 0 Å². The lowest BCUT2D eigenvalue weighted by atomic mass is 10.2. The van der Waals surface area contributed by atoms with E-state index in [9.17, 15) is 14.4 Å². The molecule has 0 radical (unpaired) electrons. The first-order chi connectivity index (χ1) is 5.60. The van der Waals surface area contributed by atoms with Crippen LogP contribution in [0.3, 0.4) is 0 Å². The predicted molar refractivity (Wildman–Crippen MR) is 38.4 cm³/mol. The standard InChI is InChI=1S/C7H9O5/c1-11-6(9)3-5(8)4-7(10)12-2/h1,3-4H2,2H3/q+1. The van der Waals surface area contributed by atoms with Gasteiger partial charge in [-0.15, -0.1) is 0 Å². The summed E-state index contributed by atoms with van der Waals surface area (Å²) in [5.74, 6) is -1.98. The maximum absolute atomic E-state index is 10.8. The Bertz CT molecular complexity index is 218. The van der Waals surface area contributed by atoms with Crippen molar-refractivity contribution in [1.82, 2.24) is 0 Å². The second-order valence-electron chi connectivity index (χ2n) is 1.98. The summed E-state index contributed by atoms with van der Waals surface area (Å²) in [7, 11) is 1.16. The van der Waals surface area contributed by atoms with Crippen LogP contribution < -0.4 is 0 Å². The average molecular weight is 173 g/mol. The quantitative estimate of drug-likeness (QED) is 0.323. The first-order valence-corrected chi connectivity index (χ1v) is 3.13. The van der Waals surface area contributed by atoms with Crippen LogP contribution in [0.15, 0.2) is 0 Å². The molecule has 0 N–H and O–H groups in total. The van der Waals surface area contributed by atoms with Crippen LogP contribution in [-0.2, 0) is 23.5 Å². The summed E-state index contributed by atoms with van der Waals surface area (Å²) >= 11 is 0. The number of ketones is 1. The van der Waals surface area contributed by atoms with Crippen molar-refractivity contribution in [3.8, 4) is 0 Å². The van der Waals surface area contributed by atoms with Crippen molar-refractivity contribution in [2.24, 2.45) is 0 Å². The third kappa shape index (κ3) is 4.32. The minimum absolute atomic E-state index is 0.411. The van der Waals surface area contributed by atoms with Gasteiger partial charge in [0.15, 0.2) is 19.0 Å². The number of esters is 1. The summed E-state index contributed by atoms with van der Waals surface area (Å²) < 4.78 is 8.18. The zero-order valence-electron chi connectivity index (χ0n) is 6.66. The highest BCUT2D eigenvalue weighted by Crippen LogP contribution is 1.92. The van der Waals surface area contributed by atoms with Crippen LogP contribution in [0.1, 0.15) is 12.8 Å². The van der Waals surface area contributed by atoms with E-state index in [-0.39, 0.29) is 0 Å². The topological polar surface area (TPSA) is 71.7 Å². The van der Waals surface area contributed by atoms with E-state index in [1.165, 1.54) is 0 Å². The van der Waals surface area contributed by atoms with Gasteiger partial charge < -0.3 is 4.74 Å². The van der Waals surface area contributed by atoms with Gasteiger partial charge in [-0.2, -0.15) is 0 Å². The number of carbonyl (C=O) groups excluding carboxylic acids is 4. The first kappa shape index (κ1) is 10.5. The lowest BCUT2D eigenvalue weighted by Gasteiger charge is -1.93. The monoisotopic (exact) mass is 173 g/mol. The second-order valence-corrected chi connectivity index (χ2v) is 1.98. The Morgan fingerprint density at radius 1 is 1.33 bits per heavy atom. The minimum atomic E-state index is -0.760. The van der Waals surface area contributed by atoms with Crippen LogP contribution in [-0.4, -0.2) is 31.6 Å². The molecule has 0 aliphatic carbocycles. The van der Waals surface area contributed by atoms with E-state index in [1.54, 1.807) is 0 Å². The van der Waals surface area contributed by atoms with Crippen LogP contribution in [0.5, 0.6) is 0 Å². The Labute approximate surface area is 69.0 Å². The largest absolute Gasteiger partial charge is 0.586 e. The molecule has 0 spiro atoms. The third-order valence-electron chi connectivity index (χ3n) is 1.07. The van der Waals surface area contributed by atoms with Crippen molar-refractivity contribution >= 4 is 24.5 Å². The van der Waals surface area contributed by atoms with E-state index in [1.807, 2.05) is 0 Å². The summed E-state index contributed by atoms with van der Waals surface area (Å²) in [6.45, 7) is 2.82. The van der Waals surface area contributed by atoms with Crippen LogP contribution in [0.25, 0.3) is 0 Å². The molecule has 0 aromatic carbocycles. The number of hydrogen-bond acceptors (Lipinski definition) is 4. The number of rotatable bonds is 4. The molecule has 0 bridgehead atoms. The first-order valence-electron chi connectivity index (χ1n) is 3.13. The van der Waals surface area contributed by atoms with Gasteiger partial charge in [0, 0.05) is 4.79 Å². The highest BCUT2D eigenvalue weighted by atomic mass is 16.5. The van der Waals surface area contributed by atoms with Gasteiger partial charge in [-0.1, -0.05) is 0 Å². The molecule has 0 aromatic rings. The second kappa shape index (κ2) is 5.17. The molecule has 0 aliphatic rings. The summed E-state index contributed by atoms with van der Waals surface area (Å²) in [6, 6.07) is 0. The Morgan fingerprint density at radius 3 is 2.33 bits per heavy atom. The highest BCUT2D eigenvalue weighted by molar-refractivity contribution is 6.02. The van der Waals surface area contributed by atoms with Gasteiger partial charge in [0.1, 0.15) is 6.42 Å². The molecule has 0 amide bonds. The fraction of sp³-hybridized carbons (Fsp3) is 0.429. The molecular weight excluding hydrogens is 164 g/mol. The summed E-state index contributed by atoms with van der Waals surface area (Å²) in [4.78, 5) is 31.7. The molecule has 0 aliphatic heterocycles. The van der Waals surface area contributed by atoms with E-state index in [0.29, 0.717) is 0 Å². The molecule has 5 heteroatoms. The normalized spacial score (nSPS) is 8.75. The Hall–Kier alpha value is -1.52. The number of carbonyl (C=O) groups is 3. The Kier molecular flexibility index (Phi) is 4.52. The molecule has 0 atom stereocenters. The minimum Gasteiger partial charge on any atom is -0.469 e. The molecule has 0 rings (SSSR count). The molecule has 0 heterocycles. The van der Waals surface area contributed by atoms with Crippen molar-refractivity contribution in [3.05, 3.63) is 0 Å². The van der Waals surface area contributed by atoms with Gasteiger partial charge in [-0.05, 0) is 0 Å². The summed E-state index contributed by atoms with van der Waals surface area (Å²) in [5.41, 5.74) is 0. The summed E-state index contributed by atoms with van der Waals surface area (Å²) in [5, 5.41) is 0. The number of hydrogen-bond donors (Lipinski definition) is 0. The number of ether oxygens (including phenoxy) is 1. The van der Waals surface area contributed by atoms with Gasteiger partial charge in [-0.3, -0.25) is 14.0 Å². The van der Waals surface area contributed by atoms with Gasteiger partial charge in [0.2, 0.25) is 0 Å². The summed E-state index contributed by atoms with van der Waals surface area (Å²) in [6.07, 6.45) is -0.857. The van der Waals surface area contributed by atoms with Gasteiger partial charge in [0.05, 0.1) is 7.11 Å². The van der Waals surface area contributed by atoms with E-state index >= 15 is 0 Å². The fourth-order valence-electron chi connectivity index (χ4n) is 0.508. The van der Waals surface area contributed by atoms with Gasteiger partial charge >= 0.3 is 11.9 Å². The zero-order chi connectivity index (χ0) is 9.56. The molecule has 0 saturated heterocycles. The van der Waals surface area contributed by atoms with E-state index < -0.39 is 30.6 Å². The van der Waals surface area contributed by atoms with Crippen molar-refractivity contribution in [3.63, 3.8) is 0 Å². The van der Waals surface area contributed by atoms with E-state index in [4.69, 9.17) is 0 Å². The molecule has 0 fully saturated rings.